The molecule has 0 aromatic heterocycles. The van der Waals surface area contributed by atoms with Gasteiger partial charge in [0.25, 0.3) is 0 Å². The lowest BCUT2D eigenvalue weighted by molar-refractivity contribution is 0.157. The van der Waals surface area contributed by atoms with E-state index in [0.717, 1.165) is 51.7 Å². The minimum atomic E-state index is 0. The molecular formula is C21H37IN4O. The van der Waals surface area contributed by atoms with Crippen LogP contribution in [-0.2, 0) is 11.3 Å². The summed E-state index contributed by atoms with van der Waals surface area (Å²) in [5.74, 6) is 1.68. The Hall–Kier alpha value is -0.860. The van der Waals surface area contributed by atoms with Crippen LogP contribution in [0.5, 0.6) is 0 Å². The highest BCUT2D eigenvalue weighted by molar-refractivity contribution is 14.0. The largest absolute Gasteiger partial charge is 0.384 e. The van der Waals surface area contributed by atoms with Crippen LogP contribution in [0, 0.1) is 5.92 Å². The zero-order valence-corrected chi connectivity index (χ0v) is 19.7. The molecular weight excluding hydrogens is 451 g/mol. The van der Waals surface area contributed by atoms with Gasteiger partial charge in [0.15, 0.2) is 5.96 Å². The van der Waals surface area contributed by atoms with E-state index in [4.69, 9.17) is 9.73 Å². The van der Waals surface area contributed by atoms with Crippen LogP contribution in [0.15, 0.2) is 35.3 Å². The summed E-state index contributed by atoms with van der Waals surface area (Å²) in [7, 11) is 3.98. The molecule has 0 bridgehead atoms. The molecule has 1 heterocycles. The molecule has 1 fully saturated rings. The van der Waals surface area contributed by atoms with Crippen molar-refractivity contribution in [2.24, 2.45) is 10.9 Å². The zero-order chi connectivity index (χ0) is 18.8. The molecule has 154 valence electrons. The van der Waals surface area contributed by atoms with Gasteiger partial charge in [-0.15, -0.1) is 24.0 Å². The van der Waals surface area contributed by atoms with Crippen LogP contribution in [-0.4, -0.2) is 68.7 Å². The molecule has 0 amide bonds. The average molecular weight is 488 g/mol. The fraction of sp³-hybridized carbons (Fsp3) is 0.667. The van der Waals surface area contributed by atoms with E-state index in [9.17, 15) is 0 Å². The fourth-order valence-corrected chi connectivity index (χ4v) is 3.43. The maximum atomic E-state index is 5.31. The number of rotatable bonds is 9. The van der Waals surface area contributed by atoms with E-state index >= 15 is 0 Å². The minimum absolute atomic E-state index is 0. The van der Waals surface area contributed by atoms with Gasteiger partial charge in [0.2, 0.25) is 0 Å². The second kappa shape index (κ2) is 13.3. The van der Waals surface area contributed by atoms with Crippen molar-refractivity contribution in [1.82, 2.24) is 15.1 Å². The predicted molar refractivity (Wildman–Crippen MR) is 125 cm³/mol. The highest BCUT2D eigenvalue weighted by Crippen LogP contribution is 2.16. The molecule has 1 aliphatic rings. The van der Waals surface area contributed by atoms with Crippen LogP contribution in [0.25, 0.3) is 0 Å². The summed E-state index contributed by atoms with van der Waals surface area (Å²) in [6.45, 7) is 10.1. The van der Waals surface area contributed by atoms with Crippen LogP contribution in [0.3, 0.4) is 0 Å². The molecule has 0 spiro atoms. The zero-order valence-electron chi connectivity index (χ0n) is 17.4. The normalized spacial score (nSPS) is 18.5. The Morgan fingerprint density at radius 3 is 2.78 bits per heavy atom. The third-order valence-electron chi connectivity index (χ3n) is 5.16. The number of halogens is 1. The Balaban J connectivity index is 0.00000364. The second-order valence-electron chi connectivity index (χ2n) is 7.33. The third-order valence-corrected chi connectivity index (χ3v) is 5.16. The first-order valence-electron chi connectivity index (χ1n) is 9.90. The Kier molecular flexibility index (Phi) is 11.9. The highest BCUT2D eigenvalue weighted by atomic mass is 127. The molecule has 1 aliphatic heterocycles. The van der Waals surface area contributed by atoms with Crippen LogP contribution in [0.2, 0.25) is 0 Å². The maximum Gasteiger partial charge on any atom is 0.193 e. The Morgan fingerprint density at radius 1 is 1.37 bits per heavy atom. The molecule has 1 saturated heterocycles. The molecule has 1 aromatic rings. The van der Waals surface area contributed by atoms with E-state index < -0.39 is 0 Å². The minimum Gasteiger partial charge on any atom is -0.384 e. The number of likely N-dealkylation sites (tertiary alicyclic amines) is 1. The number of hydrogen-bond acceptors (Lipinski definition) is 3. The SMILES string of the molecule is CCNC(=NCCC(C)N(C)Cc1ccccc1)N1CCC(COC)C1.I. The number of guanidine groups is 1. The van der Waals surface area contributed by atoms with E-state index in [0.29, 0.717) is 12.0 Å². The molecule has 0 aliphatic carbocycles. The van der Waals surface area contributed by atoms with Crippen molar-refractivity contribution in [1.29, 1.82) is 0 Å². The van der Waals surface area contributed by atoms with Gasteiger partial charge in [-0.3, -0.25) is 9.89 Å². The molecule has 2 unspecified atom stereocenters. The van der Waals surface area contributed by atoms with Gasteiger partial charge in [0.05, 0.1) is 6.61 Å². The van der Waals surface area contributed by atoms with Gasteiger partial charge in [-0.25, -0.2) is 0 Å². The van der Waals surface area contributed by atoms with E-state index in [1.807, 2.05) is 0 Å². The van der Waals surface area contributed by atoms with Crippen LogP contribution in [0.4, 0.5) is 0 Å². The molecule has 2 rings (SSSR count). The smallest absolute Gasteiger partial charge is 0.193 e. The molecule has 0 radical (unpaired) electrons. The van der Waals surface area contributed by atoms with Crippen molar-refractivity contribution in [3.8, 4) is 0 Å². The van der Waals surface area contributed by atoms with Gasteiger partial charge in [0, 0.05) is 51.8 Å². The third kappa shape index (κ3) is 8.35. The van der Waals surface area contributed by atoms with E-state index in [1.54, 1.807) is 7.11 Å². The first-order chi connectivity index (χ1) is 12.6. The van der Waals surface area contributed by atoms with Crippen LogP contribution < -0.4 is 5.32 Å². The number of ether oxygens (including phenoxy) is 1. The monoisotopic (exact) mass is 488 g/mol. The van der Waals surface area contributed by atoms with Crippen LogP contribution in [0.1, 0.15) is 32.3 Å². The summed E-state index contributed by atoms with van der Waals surface area (Å²) in [6.07, 6.45) is 2.25. The van der Waals surface area contributed by atoms with Crippen molar-refractivity contribution in [3.63, 3.8) is 0 Å². The Labute approximate surface area is 182 Å². The number of benzene rings is 1. The molecule has 6 heteroatoms. The Bertz CT molecular complexity index is 540. The van der Waals surface area contributed by atoms with E-state index in [1.165, 1.54) is 12.0 Å². The van der Waals surface area contributed by atoms with Gasteiger partial charge in [-0.2, -0.15) is 0 Å². The number of hydrogen-bond donors (Lipinski definition) is 1. The molecule has 1 N–H and O–H groups in total. The highest BCUT2D eigenvalue weighted by Gasteiger charge is 2.24. The lowest BCUT2D eigenvalue weighted by Crippen LogP contribution is -2.40. The predicted octanol–water partition coefficient (Wildman–Crippen LogP) is 3.45. The van der Waals surface area contributed by atoms with Crippen molar-refractivity contribution in [2.45, 2.75) is 39.3 Å². The summed E-state index contributed by atoms with van der Waals surface area (Å²) >= 11 is 0. The van der Waals surface area contributed by atoms with Gasteiger partial charge < -0.3 is 15.0 Å². The second-order valence-corrected chi connectivity index (χ2v) is 7.33. The standard InChI is InChI=1S/C21H36N4O.HI/c1-5-22-21(25-14-12-20(16-25)17-26-4)23-13-11-18(2)24(3)15-19-9-7-6-8-10-19;/h6-10,18,20H,5,11-17H2,1-4H3,(H,22,23);1H. The van der Waals surface area contributed by atoms with Crippen molar-refractivity contribution >= 4 is 29.9 Å². The molecule has 2 atom stereocenters. The van der Waals surface area contributed by atoms with Gasteiger partial charge in [0.1, 0.15) is 0 Å². The molecule has 27 heavy (non-hydrogen) atoms. The average Bonchev–Trinajstić information content (AvgIpc) is 3.10. The molecule has 1 aromatic carbocycles. The fourth-order valence-electron chi connectivity index (χ4n) is 3.43. The summed E-state index contributed by atoms with van der Waals surface area (Å²) in [5.41, 5.74) is 1.36. The van der Waals surface area contributed by atoms with Crippen molar-refractivity contribution < 1.29 is 4.74 Å². The van der Waals surface area contributed by atoms with E-state index in [2.05, 4.69) is 66.3 Å². The van der Waals surface area contributed by atoms with Gasteiger partial charge in [-0.05, 0) is 39.3 Å². The Morgan fingerprint density at radius 2 is 2.11 bits per heavy atom. The summed E-state index contributed by atoms with van der Waals surface area (Å²) in [4.78, 5) is 9.67. The first-order valence-corrected chi connectivity index (χ1v) is 9.90. The lowest BCUT2D eigenvalue weighted by atomic mass is 10.1. The van der Waals surface area contributed by atoms with Crippen molar-refractivity contribution in [3.05, 3.63) is 35.9 Å². The van der Waals surface area contributed by atoms with Crippen LogP contribution >= 0.6 is 24.0 Å². The first kappa shape index (κ1) is 24.2. The topological polar surface area (TPSA) is 40.1 Å². The van der Waals surface area contributed by atoms with Crippen molar-refractivity contribution in [2.75, 3.05) is 46.9 Å². The maximum absolute atomic E-state index is 5.31. The number of methoxy groups -OCH3 is 1. The van der Waals surface area contributed by atoms with Gasteiger partial charge >= 0.3 is 0 Å². The molecule has 5 nitrogen and oxygen atoms in total. The summed E-state index contributed by atoms with van der Waals surface area (Å²) in [5, 5.41) is 3.45. The van der Waals surface area contributed by atoms with E-state index in [-0.39, 0.29) is 24.0 Å². The summed E-state index contributed by atoms with van der Waals surface area (Å²) in [6, 6.07) is 11.2. The summed E-state index contributed by atoms with van der Waals surface area (Å²) < 4.78 is 5.31. The quantitative estimate of drug-likeness (QED) is 0.329. The number of nitrogens with zero attached hydrogens (tertiary/aromatic N) is 3. The lowest BCUT2D eigenvalue weighted by Gasteiger charge is -2.25. The van der Waals surface area contributed by atoms with Gasteiger partial charge in [-0.1, -0.05) is 30.3 Å². The number of nitrogens with one attached hydrogen (secondary N) is 1. The molecule has 0 saturated carbocycles. The number of aliphatic imine (C=N–C) groups is 1.